The summed E-state index contributed by atoms with van der Waals surface area (Å²) in [5, 5.41) is 18.8. The maximum Gasteiger partial charge on any atom is 0.339 e. The molecule has 0 radical (unpaired) electrons. The fourth-order valence-electron chi connectivity index (χ4n) is 1.55. The minimum absolute atomic E-state index is 0.103. The minimum Gasteiger partial charge on any atom is -0.478 e. The van der Waals surface area contributed by atoms with Gasteiger partial charge in [-0.15, -0.1) is 0 Å². The number of aromatic nitrogens is 1. The Bertz CT molecular complexity index is 429. The number of hydrogen-bond donors (Lipinski definition) is 2. The normalized spacial score (nSPS) is 11.4. The Balaban J connectivity index is 3.09. The Kier molecular flexibility index (Phi) is 4.11. The van der Waals surface area contributed by atoms with Gasteiger partial charge in [0.05, 0.1) is 5.60 Å². The van der Waals surface area contributed by atoms with Gasteiger partial charge in [0.1, 0.15) is 11.4 Å². The average molecular weight is 303 g/mol. The van der Waals surface area contributed by atoms with Crippen LogP contribution in [0.25, 0.3) is 0 Å². The van der Waals surface area contributed by atoms with Crippen molar-refractivity contribution < 1.29 is 15.0 Å². The highest BCUT2D eigenvalue weighted by Crippen LogP contribution is 2.22. The maximum absolute atomic E-state index is 11.1. The first-order chi connectivity index (χ1) is 7.70. The van der Waals surface area contributed by atoms with Crippen LogP contribution in [0.1, 0.15) is 24.2 Å². The van der Waals surface area contributed by atoms with E-state index in [-0.39, 0.29) is 5.56 Å². The molecule has 94 valence electrons. The molecule has 1 heterocycles. The van der Waals surface area contributed by atoms with Crippen LogP contribution >= 0.6 is 15.9 Å². The Morgan fingerprint density at radius 1 is 1.59 bits per heavy atom. The molecule has 0 fully saturated rings. The molecule has 1 rings (SSSR count). The van der Waals surface area contributed by atoms with Crippen LogP contribution < -0.4 is 4.90 Å². The van der Waals surface area contributed by atoms with Gasteiger partial charge in [-0.05, 0) is 35.8 Å². The van der Waals surface area contributed by atoms with Gasteiger partial charge in [0.15, 0.2) is 0 Å². The molecule has 0 aliphatic carbocycles. The van der Waals surface area contributed by atoms with E-state index in [4.69, 9.17) is 5.11 Å². The zero-order chi connectivity index (χ0) is 13.2. The van der Waals surface area contributed by atoms with E-state index in [2.05, 4.69) is 20.9 Å². The molecule has 17 heavy (non-hydrogen) atoms. The van der Waals surface area contributed by atoms with Crippen LogP contribution in [0.3, 0.4) is 0 Å². The van der Waals surface area contributed by atoms with Crippen LogP contribution in [0, 0.1) is 0 Å². The van der Waals surface area contributed by atoms with Gasteiger partial charge in [-0.25, -0.2) is 9.78 Å². The molecule has 0 saturated heterocycles. The van der Waals surface area contributed by atoms with E-state index in [0.717, 1.165) is 0 Å². The second-order valence-electron chi connectivity index (χ2n) is 4.50. The first-order valence-electron chi connectivity index (χ1n) is 5.03. The van der Waals surface area contributed by atoms with Gasteiger partial charge < -0.3 is 15.1 Å². The van der Waals surface area contributed by atoms with Crippen LogP contribution in [-0.4, -0.2) is 40.4 Å². The summed E-state index contributed by atoms with van der Waals surface area (Å²) in [5.74, 6) is -0.709. The second-order valence-corrected chi connectivity index (χ2v) is 5.41. The molecule has 1 aromatic rings. The van der Waals surface area contributed by atoms with Gasteiger partial charge in [0.25, 0.3) is 0 Å². The summed E-state index contributed by atoms with van der Waals surface area (Å²) in [5.41, 5.74) is -0.814. The Morgan fingerprint density at radius 2 is 2.18 bits per heavy atom. The summed E-state index contributed by atoms with van der Waals surface area (Å²) >= 11 is 3.18. The predicted molar refractivity (Wildman–Crippen MR) is 68.5 cm³/mol. The van der Waals surface area contributed by atoms with Crippen LogP contribution in [0.2, 0.25) is 0 Å². The van der Waals surface area contributed by atoms with Gasteiger partial charge >= 0.3 is 5.97 Å². The Labute approximate surface area is 108 Å². The van der Waals surface area contributed by atoms with Crippen molar-refractivity contribution in [3.63, 3.8) is 0 Å². The molecule has 0 bridgehead atoms. The van der Waals surface area contributed by atoms with Crippen LogP contribution in [0.5, 0.6) is 0 Å². The third kappa shape index (κ3) is 3.98. The van der Waals surface area contributed by atoms with Crippen molar-refractivity contribution in [3.05, 3.63) is 22.3 Å². The lowest BCUT2D eigenvalue weighted by Crippen LogP contribution is -2.37. The van der Waals surface area contributed by atoms with E-state index in [0.29, 0.717) is 16.8 Å². The molecule has 0 aliphatic rings. The zero-order valence-corrected chi connectivity index (χ0v) is 11.5. The molecular formula is C11H15BrN2O3. The van der Waals surface area contributed by atoms with Gasteiger partial charge in [-0.3, -0.25) is 0 Å². The maximum atomic E-state index is 11.1. The minimum atomic E-state index is -1.05. The standard InChI is InChI=1S/C11H15BrN2O3/c1-11(2,17)6-14(3)9-8(10(15)16)4-7(12)5-13-9/h4-5,17H,6H2,1-3H3,(H,15,16). The fourth-order valence-corrected chi connectivity index (χ4v) is 1.88. The SMILES string of the molecule is CN(CC(C)(C)O)c1ncc(Br)cc1C(=O)O. The fraction of sp³-hybridized carbons (Fsp3) is 0.455. The van der Waals surface area contributed by atoms with Crippen molar-refractivity contribution in [2.24, 2.45) is 0 Å². The molecule has 6 heteroatoms. The molecule has 2 N–H and O–H groups in total. The van der Waals surface area contributed by atoms with Crippen molar-refractivity contribution in [2.75, 3.05) is 18.5 Å². The van der Waals surface area contributed by atoms with E-state index in [9.17, 15) is 9.90 Å². The van der Waals surface area contributed by atoms with Gasteiger partial charge in [0, 0.05) is 24.3 Å². The molecule has 0 saturated carbocycles. The lowest BCUT2D eigenvalue weighted by molar-refractivity contribution is 0.0693. The number of hydrogen-bond acceptors (Lipinski definition) is 4. The largest absolute Gasteiger partial charge is 0.478 e. The Morgan fingerprint density at radius 3 is 2.65 bits per heavy atom. The van der Waals surface area contributed by atoms with Crippen molar-refractivity contribution in [1.82, 2.24) is 4.98 Å². The molecule has 0 unspecified atom stereocenters. The summed E-state index contributed by atoms with van der Waals surface area (Å²) in [6.07, 6.45) is 1.53. The summed E-state index contributed by atoms with van der Waals surface area (Å²) in [7, 11) is 1.70. The summed E-state index contributed by atoms with van der Waals surface area (Å²) in [6.45, 7) is 3.60. The number of carboxylic acids is 1. The number of anilines is 1. The molecule has 0 atom stereocenters. The van der Waals surface area contributed by atoms with Gasteiger partial charge in [-0.2, -0.15) is 0 Å². The van der Waals surface area contributed by atoms with E-state index in [1.807, 2.05) is 0 Å². The number of rotatable bonds is 4. The quantitative estimate of drug-likeness (QED) is 0.886. The molecule has 0 aliphatic heterocycles. The van der Waals surface area contributed by atoms with E-state index >= 15 is 0 Å². The number of carboxylic acid groups (broad SMARTS) is 1. The van der Waals surface area contributed by atoms with E-state index in [1.54, 1.807) is 25.8 Å². The first kappa shape index (κ1) is 13.9. The van der Waals surface area contributed by atoms with Gasteiger partial charge in [-0.1, -0.05) is 0 Å². The number of likely N-dealkylation sites (N-methyl/N-ethyl adjacent to an activating group) is 1. The lowest BCUT2D eigenvalue weighted by Gasteiger charge is -2.27. The van der Waals surface area contributed by atoms with Crippen LogP contribution in [-0.2, 0) is 0 Å². The molecule has 0 aromatic carbocycles. The monoisotopic (exact) mass is 302 g/mol. The summed E-state index contributed by atoms with van der Waals surface area (Å²) < 4.78 is 0.607. The average Bonchev–Trinajstić information content (AvgIpc) is 2.14. The number of nitrogens with zero attached hydrogens (tertiary/aromatic N) is 2. The molecule has 5 nitrogen and oxygen atoms in total. The lowest BCUT2D eigenvalue weighted by atomic mass is 10.1. The van der Waals surface area contributed by atoms with Gasteiger partial charge in [0.2, 0.25) is 0 Å². The zero-order valence-electron chi connectivity index (χ0n) is 9.94. The molecule has 1 aromatic heterocycles. The van der Waals surface area contributed by atoms with Crippen molar-refractivity contribution >= 4 is 27.7 Å². The summed E-state index contributed by atoms with van der Waals surface area (Å²) in [6, 6.07) is 1.49. The number of aliphatic hydroxyl groups is 1. The smallest absolute Gasteiger partial charge is 0.339 e. The summed E-state index contributed by atoms with van der Waals surface area (Å²) in [4.78, 5) is 16.8. The number of pyridine rings is 1. The first-order valence-corrected chi connectivity index (χ1v) is 5.82. The number of aromatic carboxylic acids is 1. The number of carbonyl (C=O) groups is 1. The van der Waals surface area contributed by atoms with Crippen molar-refractivity contribution in [2.45, 2.75) is 19.4 Å². The topological polar surface area (TPSA) is 73.7 Å². The predicted octanol–water partition coefficient (Wildman–Crippen LogP) is 1.75. The molecule has 0 spiro atoms. The van der Waals surface area contributed by atoms with Crippen molar-refractivity contribution in [3.8, 4) is 0 Å². The second kappa shape index (κ2) is 5.01. The van der Waals surface area contributed by atoms with Crippen molar-refractivity contribution in [1.29, 1.82) is 0 Å². The van der Waals surface area contributed by atoms with Crippen LogP contribution in [0.15, 0.2) is 16.7 Å². The highest BCUT2D eigenvalue weighted by atomic mass is 79.9. The van der Waals surface area contributed by atoms with E-state index in [1.165, 1.54) is 12.3 Å². The highest BCUT2D eigenvalue weighted by Gasteiger charge is 2.21. The Hall–Kier alpha value is -1.14. The number of halogens is 1. The third-order valence-electron chi connectivity index (χ3n) is 2.05. The third-order valence-corrected chi connectivity index (χ3v) is 2.48. The van der Waals surface area contributed by atoms with E-state index < -0.39 is 11.6 Å². The van der Waals surface area contributed by atoms with Crippen LogP contribution in [0.4, 0.5) is 5.82 Å². The highest BCUT2D eigenvalue weighted by molar-refractivity contribution is 9.10. The molecular weight excluding hydrogens is 288 g/mol. The molecule has 0 amide bonds.